The average Bonchev–Trinajstić information content (AvgIpc) is 3.03. The van der Waals surface area contributed by atoms with Gasteiger partial charge in [0.1, 0.15) is 0 Å². The zero-order valence-corrected chi connectivity index (χ0v) is 12.4. The first kappa shape index (κ1) is 13.0. The minimum atomic E-state index is -0.391. The largest absolute Gasteiger partial charge is 0.392 e. The van der Waals surface area contributed by atoms with Gasteiger partial charge in [0.15, 0.2) is 0 Å². The number of benzene rings is 1. The van der Waals surface area contributed by atoms with E-state index in [4.69, 9.17) is 4.74 Å². The Morgan fingerprint density at radius 3 is 3.00 bits per heavy atom. The first-order valence-electron chi connectivity index (χ1n) is 7.46. The highest BCUT2D eigenvalue weighted by Crippen LogP contribution is 2.47. The molecule has 3 atom stereocenters. The first-order valence-corrected chi connectivity index (χ1v) is 7.46. The van der Waals surface area contributed by atoms with Gasteiger partial charge in [0.05, 0.1) is 43.6 Å². The number of aliphatic hydroxyl groups excluding tert-OH is 1. The van der Waals surface area contributed by atoms with Crippen LogP contribution in [0.15, 0.2) is 36.8 Å². The summed E-state index contributed by atoms with van der Waals surface area (Å²) in [6.07, 6.45) is 3.38. The third-order valence-electron chi connectivity index (χ3n) is 4.92. The second-order valence-corrected chi connectivity index (χ2v) is 6.83. The molecule has 1 aromatic carbocycles. The molecule has 3 heterocycles. The highest BCUT2D eigenvalue weighted by Gasteiger charge is 2.45. The van der Waals surface area contributed by atoms with Gasteiger partial charge < -0.3 is 14.4 Å². The van der Waals surface area contributed by atoms with Crippen LogP contribution in [0.3, 0.4) is 0 Å². The Bertz CT molecular complexity index is 677. The zero-order valence-electron chi connectivity index (χ0n) is 12.4. The number of hydrogen-bond acceptors (Lipinski definition) is 3. The van der Waals surface area contributed by atoms with Crippen LogP contribution in [0.25, 0.3) is 11.3 Å². The van der Waals surface area contributed by atoms with Crippen LogP contribution >= 0.6 is 0 Å². The van der Waals surface area contributed by atoms with Crippen LogP contribution in [0.5, 0.6) is 0 Å². The van der Waals surface area contributed by atoms with Crippen molar-refractivity contribution >= 4 is 0 Å². The predicted octanol–water partition coefficient (Wildman–Crippen LogP) is 2.49. The number of aromatic nitrogens is 2. The third-order valence-corrected chi connectivity index (χ3v) is 4.92. The van der Waals surface area contributed by atoms with Gasteiger partial charge in [-0.3, -0.25) is 0 Å². The van der Waals surface area contributed by atoms with Crippen molar-refractivity contribution in [1.29, 1.82) is 0 Å². The van der Waals surface area contributed by atoms with Gasteiger partial charge in [0, 0.05) is 16.9 Å². The van der Waals surface area contributed by atoms with Crippen molar-refractivity contribution in [3.05, 3.63) is 42.4 Å². The van der Waals surface area contributed by atoms with Crippen molar-refractivity contribution in [1.82, 2.24) is 9.55 Å². The Kier molecular flexibility index (Phi) is 2.75. The number of ether oxygens (including phenoxy) is 1. The van der Waals surface area contributed by atoms with Crippen LogP contribution in [0, 0.1) is 11.3 Å². The van der Waals surface area contributed by atoms with E-state index in [0.717, 1.165) is 5.69 Å². The Labute approximate surface area is 124 Å². The molecule has 1 aromatic heterocycles. The number of hydrogen-bond donors (Lipinski definition) is 1. The number of imidazole rings is 1. The van der Waals surface area contributed by atoms with Gasteiger partial charge >= 0.3 is 0 Å². The van der Waals surface area contributed by atoms with Crippen molar-refractivity contribution < 1.29 is 9.84 Å². The molecule has 1 N–H and O–H groups in total. The van der Waals surface area contributed by atoms with E-state index in [-0.39, 0.29) is 17.4 Å². The highest BCUT2D eigenvalue weighted by atomic mass is 16.5. The van der Waals surface area contributed by atoms with Gasteiger partial charge in [-0.1, -0.05) is 38.1 Å². The topological polar surface area (TPSA) is 47.3 Å². The van der Waals surface area contributed by atoms with E-state index in [1.54, 1.807) is 0 Å². The van der Waals surface area contributed by atoms with Gasteiger partial charge in [-0.05, 0) is 5.56 Å². The smallest absolute Gasteiger partial charge is 0.0956 e. The van der Waals surface area contributed by atoms with Crippen LogP contribution in [-0.2, 0) is 4.74 Å². The molecule has 0 amide bonds. The number of nitrogens with zero attached hydrogens (tertiary/aromatic N) is 2. The number of aliphatic hydroxyl groups is 1. The molecule has 1 fully saturated rings. The fourth-order valence-electron chi connectivity index (χ4n) is 3.79. The van der Waals surface area contributed by atoms with Crippen LogP contribution in [-0.4, -0.2) is 34.0 Å². The normalized spacial score (nSPS) is 30.0. The van der Waals surface area contributed by atoms with Crippen LogP contribution in [0.1, 0.15) is 25.5 Å². The molecule has 2 aliphatic rings. The van der Waals surface area contributed by atoms with Crippen molar-refractivity contribution in [3.8, 4) is 11.3 Å². The van der Waals surface area contributed by atoms with E-state index in [0.29, 0.717) is 13.2 Å². The van der Waals surface area contributed by atoms with E-state index >= 15 is 0 Å². The minimum Gasteiger partial charge on any atom is -0.392 e. The van der Waals surface area contributed by atoms with E-state index in [2.05, 4.69) is 47.7 Å². The maximum absolute atomic E-state index is 10.8. The van der Waals surface area contributed by atoms with Crippen molar-refractivity contribution in [2.24, 2.45) is 11.3 Å². The SMILES string of the molecule is CC1(C)COC[C@@H](C2c3ccccc3-c3cncn32)[C@@H]1O. The predicted molar refractivity (Wildman–Crippen MR) is 79.9 cm³/mol. The summed E-state index contributed by atoms with van der Waals surface area (Å²) in [7, 11) is 0. The van der Waals surface area contributed by atoms with Gasteiger partial charge in [-0.2, -0.15) is 0 Å². The summed E-state index contributed by atoms with van der Waals surface area (Å²) in [4.78, 5) is 4.29. The van der Waals surface area contributed by atoms with Crippen LogP contribution < -0.4 is 0 Å². The fourth-order valence-corrected chi connectivity index (χ4v) is 3.79. The fraction of sp³-hybridized carbons (Fsp3) is 0.471. The molecule has 4 heteroatoms. The first-order chi connectivity index (χ1) is 10.1. The molecular weight excluding hydrogens is 264 g/mol. The monoisotopic (exact) mass is 284 g/mol. The summed E-state index contributed by atoms with van der Waals surface area (Å²) in [6, 6.07) is 8.50. The maximum Gasteiger partial charge on any atom is 0.0956 e. The molecule has 110 valence electrons. The van der Waals surface area contributed by atoms with Crippen LogP contribution in [0.4, 0.5) is 0 Å². The average molecular weight is 284 g/mol. The molecule has 1 saturated heterocycles. The Morgan fingerprint density at radius 2 is 2.14 bits per heavy atom. The molecule has 0 aliphatic carbocycles. The van der Waals surface area contributed by atoms with Gasteiger partial charge in [0.2, 0.25) is 0 Å². The quantitative estimate of drug-likeness (QED) is 0.875. The van der Waals surface area contributed by atoms with E-state index in [1.807, 2.05) is 12.5 Å². The molecule has 2 aliphatic heterocycles. The molecule has 21 heavy (non-hydrogen) atoms. The second-order valence-electron chi connectivity index (χ2n) is 6.83. The summed E-state index contributed by atoms with van der Waals surface area (Å²) in [5.74, 6) is 0.0466. The van der Waals surface area contributed by atoms with Crippen molar-refractivity contribution in [3.63, 3.8) is 0 Å². The lowest BCUT2D eigenvalue weighted by Crippen LogP contribution is -2.49. The minimum absolute atomic E-state index is 0.0466. The molecule has 4 nitrogen and oxygen atoms in total. The van der Waals surface area contributed by atoms with Crippen molar-refractivity contribution in [2.45, 2.75) is 26.0 Å². The standard InChI is InChI=1S/C17H20N2O2/c1-17(2)9-21-8-13(16(17)20)15-12-6-4-3-5-11(12)14-7-18-10-19(14)15/h3-7,10,13,15-16,20H,8-9H2,1-2H3/t13-,15?,16-/m0/s1. The van der Waals surface area contributed by atoms with E-state index in [9.17, 15) is 5.11 Å². The second kappa shape index (κ2) is 4.42. The molecule has 0 saturated carbocycles. The van der Waals surface area contributed by atoms with E-state index in [1.165, 1.54) is 11.1 Å². The summed E-state index contributed by atoms with van der Waals surface area (Å²) in [5.41, 5.74) is 3.39. The summed E-state index contributed by atoms with van der Waals surface area (Å²) in [5, 5.41) is 10.8. The summed E-state index contributed by atoms with van der Waals surface area (Å²) < 4.78 is 7.98. The third kappa shape index (κ3) is 1.79. The van der Waals surface area contributed by atoms with Crippen molar-refractivity contribution in [2.75, 3.05) is 13.2 Å². The molecular formula is C17H20N2O2. The maximum atomic E-state index is 10.8. The molecule has 0 radical (unpaired) electrons. The number of rotatable bonds is 1. The molecule has 2 aromatic rings. The summed E-state index contributed by atoms with van der Waals surface area (Å²) in [6.45, 7) is 5.33. The Hall–Kier alpha value is -1.65. The van der Waals surface area contributed by atoms with Gasteiger partial charge in [-0.15, -0.1) is 0 Å². The Morgan fingerprint density at radius 1 is 1.33 bits per heavy atom. The molecule has 0 bridgehead atoms. The lowest BCUT2D eigenvalue weighted by Gasteiger charge is -2.43. The van der Waals surface area contributed by atoms with E-state index < -0.39 is 6.10 Å². The zero-order chi connectivity index (χ0) is 14.6. The lowest BCUT2D eigenvalue weighted by molar-refractivity contribution is -0.129. The molecule has 4 rings (SSSR count). The molecule has 0 spiro atoms. The lowest BCUT2D eigenvalue weighted by atomic mass is 9.74. The van der Waals surface area contributed by atoms with Crippen LogP contribution in [0.2, 0.25) is 0 Å². The summed E-state index contributed by atoms with van der Waals surface area (Å²) >= 11 is 0. The van der Waals surface area contributed by atoms with Gasteiger partial charge in [-0.25, -0.2) is 4.98 Å². The van der Waals surface area contributed by atoms with Gasteiger partial charge in [0.25, 0.3) is 0 Å². The Balaban J connectivity index is 1.82. The highest BCUT2D eigenvalue weighted by molar-refractivity contribution is 5.69. The number of fused-ring (bicyclic) bond motifs is 3. The molecule has 1 unspecified atom stereocenters.